The Morgan fingerprint density at radius 3 is 2.31 bits per heavy atom. The number of nitrogens with zero attached hydrogens (tertiary/aromatic N) is 4. The molecular weight excluding hydrogens is 448 g/mol. The number of amides is 3. The van der Waals surface area contributed by atoms with E-state index in [0.29, 0.717) is 38.5 Å². The molecule has 2 atom stereocenters. The summed E-state index contributed by atoms with van der Waals surface area (Å²) >= 11 is 0. The summed E-state index contributed by atoms with van der Waals surface area (Å²) in [5.74, 6) is 0.591. The molecule has 0 aromatic carbocycles. The van der Waals surface area contributed by atoms with E-state index in [-0.39, 0.29) is 35.9 Å². The fourth-order valence-corrected chi connectivity index (χ4v) is 4.80. The van der Waals surface area contributed by atoms with Crippen LogP contribution in [0, 0.1) is 5.92 Å². The van der Waals surface area contributed by atoms with Crippen molar-refractivity contribution in [2.75, 3.05) is 45.8 Å². The van der Waals surface area contributed by atoms with Crippen molar-refractivity contribution in [2.45, 2.75) is 72.1 Å². The highest BCUT2D eigenvalue weighted by atomic mass is 16.6. The number of piperazine rings is 1. The summed E-state index contributed by atoms with van der Waals surface area (Å²) in [7, 11) is 0. The number of carbonyl (C=O) groups is 3. The van der Waals surface area contributed by atoms with Crippen molar-refractivity contribution >= 4 is 17.9 Å². The van der Waals surface area contributed by atoms with E-state index in [9.17, 15) is 14.4 Å². The highest BCUT2D eigenvalue weighted by Crippen LogP contribution is 2.23. The molecule has 0 saturated carbocycles. The van der Waals surface area contributed by atoms with Crippen molar-refractivity contribution < 1.29 is 23.5 Å². The van der Waals surface area contributed by atoms with Crippen LogP contribution in [0.1, 0.15) is 64.9 Å². The first-order chi connectivity index (χ1) is 16.5. The second kappa shape index (κ2) is 11.5. The fourth-order valence-electron chi connectivity index (χ4n) is 4.80. The van der Waals surface area contributed by atoms with Crippen molar-refractivity contribution in [1.82, 2.24) is 19.6 Å². The third kappa shape index (κ3) is 7.22. The fraction of sp³-hybridized carbons (Fsp3) is 0.731. The lowest BCUT2D eigenvalue weighted by Crippen LogP contribution is -2.56. The van der Waals surface area contributed by atoms with E-state index in [2.05, 4.69) is 4.90 Å². The SMILES string of the molecule is CC(C(=O)N1CCN(C(=O)c2ccco2)CC1)N1CCCC(CN(C(=O)OC(C)(C)C)C(C)C)C1. The first-order valence-electron chi connectivity index (χ1n) is 12.8. The molecule has 2 saturated heterocycles. The van der Waals surface area contributed by atoms with Gasteiger partial charge in [-0.2, -0.15) is 0 Å². The van der Waals surface area contributed by atoms with Gasteiger partial charge in [0.15, 0.2) is 5.76 Å². The molecule has 2 fully saturated rings. The standard InChI is InChI=1S/C26H42N4O5/c1-19(2)30(25(33)35-26(4,5)6)18-21-9-7-11-29(17-21)20(3)23(31)27-12-14-28(15-13-27)24(32)22-10-8-16-34-22/h8,10,16,19-21H,7,9,11-15,17-18H2,1-6H3. The average Bonchev–Trinajstić information content (AvgIpc) is 3.35. The summed E-state index contributed by atoms with van der Waals surface area (Å²) in [6.45, 7) is 15.9. The molecule has 2 unspecified atom stereocenters. The van der Waals surface area contributed by atoms with E-state index in [1.165, 1.54) is 6.26 Å². The van der Waals surface area contributed by atoms with Gasteiger partial charge in [0.25, 0.3) is 5.91 Å². The molecule has 9 nitrogen and oxygen atoms in total. The molecule has 0 aliphatic carbocycles. The Balaban J connectivity index is 1.53. The minimum atomic E-state index is -0.531. The van der Waals surface area contributed by atoms with Gasteiger partial charge >= 0.3 is 6.09 Å². The summed E-state index contributed by atoms with van der Waals surface area (Å²) in [4.78, 5) is 46.2. The Morgan fingerprint density at radius 1 is 1.09 bits per heavy atom. The van der Waals surface area contributed by atoms with Gasteiger partial charge in [-0.05, 0) is 79.0 Å². The molecule has 3 amide bonds. The number of piperidine rings is 1. The van der Waals surface area contributed by atoms with E-state index >= 15 is 0 Å². The van der Waals surface area contributed by atoms with Gasteiger partial charge in [-0.1, -0.05) is 0 Å². The maximum Gasteiger partial charge on any atom is 0.410 e. The van der Waals surface area contributed by atoms with Crippen LogP contribution in [-0.4, -0.2) is 101 Å². The normalized spacial score (nSPS) is 20.6. The molecule has 1 aromatic heterocycles. The van der Waals surface area contributed by atoms with Gasteiger partial charge in [-0.25, -0.2) is 4.79 Å². The molecule has 2 aliphatic rings. The van der Waals surface area contributed by atoms with Gasteiger partial charge in [0.2, 0.25) is 5.91 Å². The largest absolute Gasteiger partial charge is 0.459 e. The van der Waals surface area contributed by atoms with Crippen LogP contribution in [0.25, 0.3) is 0 Å². The number of ether oxygens (including phenoxy) is 1. The Kier molecular flexibility index (Phi) is 8.85. The lowest BCUT2D eigenvalue weighted by atomic mass is 9.95. The number of rotatable bonds is 6. The number of furan rings is 1. The van der Waals surface area contributed by atoms with Crippen molar-refractivity contribution in [1.29, 1.82) is 0 Å². The molecule has 9 heteroatoms. The number of hydrogen-bond acceptors (Lipinski definition) is 6. The van der Waals surface area contributed by atoms with Gasteiger partial charge in [-0.15, -0.1) is 0 Å². The van der Waals surface area contributed by atoms with Crippen molar-refractivity contribution in [3.63, 3.8) is 0 Å². The Labute approximate surface area is 209 Å². The van der Waals surface area contributed by atoms with Crippen molar-refractivity contribution in [3.05, 3.63) is 24.2 Å². The monoisotopic (exact) mass is 490 g/mol. The summed E-state index contributed by atoms with van der Waals surface area (Å²) in [5, 5.41) is 0. The minimum Gasteiger partial charge on any atom is -0.459 e. The topological polar surface area (TPSA) is 86.5 Å². The van der Waals surface area contributed by atoms with Crippen molar-refractivity contribution in [3.8, 4) is 0 Å². The third-order valence-corrected chi connectivity index (χ3v) is 6.77. The van der Waals surface area contributed by atoms with Gasteiger partial charge in [0, 0.05) is 45.3 Å². The Morgan fingerprint density at radius 2 is 1.74 bits per heavy atom. The molecule has 2 aliphatic heterocycles. The third-order valence-electron chi connectivity index (χ3n) is 6.77. The molecule has 3 heterocycles. The van der Waals surface area contributed by atoms with E-state index < -0.39 is 5.60 Å². The molecule has 196 valence electrons. The maximum absolute atomic E-state index is 13.3. The lowest BCUT2D eigenvalue weighted by Gasteiger charge is -2.41. The summed E-state index contributed by atoms with van der Waals surface area (Å²) in [5.41, 5.74) is -0.531. The summed E-state index contributed by atoms with van der Waals surface area (Å²) in [6, 6.07) is 3.17. The Hall–Kier alpha value is -2.55. The predicted molar refractivity (Wildman–Crippen MR) is 133 cm³/mol. The highest BCUT2D eigenvalue weighted by molar-refractivity contribution is 5.91. The van der Waals surface area contributed by atoms with Crippen LogP contribution in [0.15, 0.2) is 22.8 Å². The van der Waals surface area contributed by atoms with Gasteiger partial charge < -0.3 is 23.9 Å². The first kappa shape index (κ1) is 27.0. The molecule has 0 radical (unpaired) electrons. The highest BCUT2D eigenvalue weighted by Gasteiger charge is 2.34. The zero-order valence-corrected chi connectivity index (χ0v) is 22.2. The summed E-state index contributed by atoms with van der Waals surface area (Å²) < 4.78 is 10.8. The predicted octanol–water partition coefficient (Wildman–Crippen LogP) is 3.31. The van der Waals surface area contributed by atoms with E-state index in [1.807, 2.05) is 46.4 Å². The smallest absolute Gasteiger partial charge is 0.410 e. The molecule has 0 spiro atoms. The number of hydrogen-bond donors (Lipinski definition) is 0. The van der Waals surface area contributed by atoms with Crippen LogP contribution in [-0.2, 0) is 9.53 Å². The van der Waals surface area contributed by atoms with E-state index in [1.54, 1.807) is 21.9 Å². The second-order valence-corrected chi connectivity index (χ2v) is 11.0. The summed E-state index contributed by atoms with van der Waals surface area (Å²) in [6.07, 6.45) is 3.23. The van der Waals surface area contributed by atoms with Crippen LogP contribution >= 0.6 is 0 Å². The van der Waals surface area contributed by atoms with Crippen LogP contribution in [0.2, 0.25) is 0 Å². The minimum absolute atomic E-state index is 0.0412. The quantitative estimate of drug-likeness (QED) is 0.608. The average molecular weight is 491 g/mol. The van der Waals surface area contributed by atoms with Crippen LogP contribution in [0.5, 0.6) is 0 Å². The van der Waals surface area contributed by atoms with Gasteiger partial charge in [0.05, 0.1) is 12.3 Å². The van der Waals surface area contributed by atoms with Crippen molar-refractivity contribution in [2.24, 2.45) is 5.92 Å². The van der Waals surface area contributed by atoms with E-state index in [0.717, 1.165) is 25.9 Å². The van der Waals surface area contributed by atoms with Gasteiger partial charge in [0.1, 0.15) is 5.60 Å². The molecule has 0 N–H and O–H groups in total. The lowest BCUT2D eigenvalue weighted by molar-refractivity contribution is -0.138. The van der Waals surface area contributed by atoms with E-state index in [4.69, 9.17) is 9.15 Å². The van der Waals surface area contributed by atoms with Crippen LogP contribution in [0.4, 0.5) is 4.79 Å². The maximum atomic E-state index is 13.3. The molecular formula is C26H42N4O5. The zero-order chi connectivity index (χ0) is 25.8. The zero-order valence-electron chi connectivity index (χ0n) is 22.2. The number of carbonyl (C=O) groups excluding carboxylic acids is 3. The molecule has 3 rings (SSSR count). The number of likely N-dealkylation sites (tertiary alicyclic amines) is 1. The second-order valence-electron chi connectivity index (χ2n) is 11.0. The molecule has 1 aromatic rings. The molecule has 0 bridgehead atoms. The van der Waals surface area contributed by atoms with Gasteiger partial charge in [-0.3, -0.25) is 14.5 Å². The molecule has 35 heavy (non-hydrogen) atoms. The first-order valence-corrected chi connectivity index (χ1v) is 12.8. The van der Waals surface area contributed by atoms with Crippen LogP contribution < -0.4 is 0 Å². The Bertz CT molecular complexity index is 856. The van der Waals surface area contributed by atoms with Crippen LogP contribution in [0.3, 0.4) is 0 Å².